The predicted molar refractivity (Wildman–Crippen MR) is 152 cm³/mol. The topological polar surface area (TPSA) is 74.5 Å². The average Bonchev–Trinajstić information content (AvgIpc) is 2.90. The van der Waals surface area contributed by atoms with Crippen molar-refractivity contribution in [3.63, 3.8) is 0 Å². The van der Waals surface area contributed by atoms with Gasteiger partial charge in [-0.15, -0.1) is 0 Å². The van der Waals surface area contributed by atoms with Crippen molar-refractivity contribution >= 4 is 17.8 Å². The molecule has 0 unspecified atom stereocenters. The molecule has 0 aliphatic carbocycles. The highest BCUT2D eigenvalue weighted by Gasteiger charge is 2.23. The van der Waals surface area contributed by atoms with Gasteiger partial charge in [-0.3, -0.25) is 10.1 Å². The summed E-state index contributed by atoms with van der Waals surface area (Å²) in [7, 11) is 1.68. The molecule has 0 aliphatic heterocycles. The van der Waals surface area contributed by atoms with Crippen molar-refractivity contribution in [3.05, 3.63) is 117 Å². The third-order valence-electron chi connectivity index (χ3n) is 6.22. The third kappa shape index (κ3) is 6.27. The lowest BCUT2D eigenvalue weighted by Crippen LogP contribution is -2.14. The molecule has 38 heavy (non-hydrogen) atoms. The summed E-state index contributed by atoms with van der Waals surface area (Å²) in [4.78, 5) is 15.3. The predicted octanol–water partition coefficient (Wildman–Crippen LogP) is 8.02. The Kier molecular flexibility index (Phi) is 7.91. The minimum atomic E-state index is -0.400. The SMILES string of the molecule is COc1c(/C=C/c2ccc([N+](=O)[O-])cc2)cc(-c2ccc(C)nc2OCc2ccccc2)cc1C(C)(C)C. The van der Waals surface area contributed by atoms with Crippen molar-refractivity contribution in [1.82, 2.24) is 4.98 Å². The van der Waals surface area contributed by atoms with Crippen LogP contribution in [0.25, 0.3) is 23.3 Å². The molecule has 0 fully saturated rings. The van der Waals surface area contributed by atoms with E-state index in [0.717, 1.165) is 44.8 Å². The Balaban J connectivity index is 1.79. The molecule has 4 aromatic rings. The fourth-order valence-corrected chi connectivity index (χ4v) is 4.20. The second kappa shape index (κ2) is 11.3. The molecular weight excluding hydrogens is 476 g/mol. The van der Waals surface area contributed by atoms with Crippen molar-refractivity contribution < 1.29 is 14.4 Å². The summed E-state index contributed by atoms with van der Waals surface area (Å²) in [5.41, 5.74) is 6.47. The second-order valence-corrected chi connectivity index (χ2v) is 10.2. The van der Waals surface area contributed by atoms with E-state index in [1.54, 1.807) is 19.2 Å². The van der Waals surface area contributed by atoms with Gasteiger partial charge in [-0.25, -0.2) is 4.98 Å². The van der Waals surface area contributed by atoms with Gasteiger partial charge in [0.25, 0.3) is 5.69 Å². The molecule has 0 atom stereocenters. The minimum Gasteiger partial charge on any atom is -0.496 e. The van der Waals surface area contributed by atoms with Crippen LogP contribution in [-0.4, -0.2) is 17.0 Å². The normalized spacial score (nSPS) is 11.5. The van der Waals surface area contributed by atoms with Crippen LogP contribution in [0.1, 0.15) is 48.7 Å². The van der Waals surface area contributed by atoms with E-state index in [9.17, 15) is 10.1 Å². The van der Waals surface area contributed by atoms with Gasteiger partial charge in [0.1, 0.15) is 12.4 Å². The Morgan fingerprint density at radius 2 is 1.66 bits per heavy atom. The molecule has 3 aromatic carbocycles. The van der Waals surface area contributed by atoms with Crippen LogP contribution < -0.4 is 9.47 Å². The number of hydrogen-bond acceptors (Lipinski definition) is 5. The molecule has 1 aromatic heterocycles. The number of pyridine rings is 1. The lowest BCUT2D eigenvalue weighted by Gasteiger charge is -2.25. The monoisotopic (exact) mass is 508 g/mol. The summed E-state index contributed by atoms with van der Waals surface area (Å²) in [6.45, 7) is 8.82. The van der Waals surface area contributed by atoms with E-state index in [-0.39, 0.29) is 11.1 Å². The largest absolute Gasteiger partial charge is 0.496 e. The number of methoxy groups -OCH3 is 1. The van der Waals surface area contributed by atoms with Crippen LogP contribution >= 0.6 is 0 Å². The van der Waals surface area contributed by atoms with Crippen molar-refractivity contribution in [2.24, 2.45) is 0 Å². The summed E-state index contributed by atoms with van der Waals surface area (Å²) in [5, 5.41) is 11.0. The maximum Gasteiger partial charge on any atom is 0.269 e. The van der Waals surface area contributed by atoms with Crippen molar-refractivity contribution in [1.29, 1.82) is 0 Å². The smallest absolute Gasteiger partial charge is 0.269 e. The van der Waals surface area contributed by atoms with Gasteiger partial charge in [0.15, 0.2) is 0 Å². The van der Waals surface area contributed by atoms with Crippen LogP contribution in [-0.2, 0) is 12.0 Å². The van der Waals surface area contributed by atoms with E-state index in [2.05, 4.69) is 32.9 Å². The van der Waals surface area contributed by atoms with E-state index in [1.165, 1.54) is 12.1 Å². The number of nitrogens with zero attached hydrogens (tertiary/aromatic N) is 2. The molecule has 6 heteroatoms. The van der Waals surface area contributed by atoms with Gasteiger partial charge in [-0.05, 0) is 65.4 Å². The van der Waals surface area contributed by atoms with Crippen molar-refractivity contribution in [2.75, 3.05) is 7.11 Å². The maximum absolute atomic E-state index is 11.0. The number of benzene rings is 3. The third-order valence-corrected chi connectivity index (χ3v) is 6.22. The molecule has 6 nitrogen and oxygen atoms in total. The van der Waals surface area contributed by atoms with E-state index >= 15 is 0 Å². The molecule has 0 radical (unpaired) electrons. The van der Waals surface area contributed by atoms with E-state index in [0.29, 0.717) is 12.5 Å². The highest BCUT2D eigenvalue weighted by Crippen LogP contribution is 2.40. The molecule has 0 bridgehead atoms. The number of nitro benzene ring substituents is 1. The van der Waals surface area contributed by atoms with Gasteiger partial charge in [0.2, 0.25) is 5.88 Å². The standard InChI is InChI=1S/C32H32N2O4/c1-22-11-18-28(31(33-22)38-21-24-9-7-6-8-10-24)26-19-25(30(37-5)29(20-26)32(2,3)4)15-12-23-13-16-27(17-14-23)34(35)36/h6-20H,21H2,1-5H3/b15-12+. The molecule has 0 spiro atoms. The molecule has 194 valence electrons. The number of ether oxygens (including phenoxy) is 2. The summed E-state index contributed by atoms with van der Waals surface area (Å²) >= 11 is 0. The summed E-state index contributed by atoms with van der Waals surface area (Å²) < 4.78 is 12.1. The first kappa shape index (κ1) is 26.6. The van der Waals surface area contributed by atoms with Gasteiger partial charge in [-0.2, -0.15) is 0 Å². The maximum atomic E-state index is 11.0. The van der Waals surface area contributed by atoms with Gasteiger partial charge >= 0.3 is 0 Å². The number of nitro groups is 1. The molecule has 0 aliphatic rings. The summed E-state index contributed by atoms with van der Waals surface area (Å²) in [6.07, 6.45) is 3.91. The summed E-state index contributed by atoms with van der Waals surface area (Å²) in [5.74, 6) is 1.36. The first-order chi connectivity index (χ1) is 18.2. The Bertz CT molecular complexity index is 1450. The number of non-ortho nitro benzene ring substituents is 1. The van der Waals surface area contributed by atoms with Gasteiger partial charge in [0.05, 0.1) is 12.0 Å². The number of rotatable bonds is 8. The quantitative estimate of drug-likeness (QED) is 0.137. The Morgan fingerprint density at radius 1 is 0.947 bits per heavy atom. The second-order valence-electron chi connectivity index (χ2n) is 10.2. The van der Waals surface area contributed by atoms with Crippen LogP contribution in [0.15, 0.2) is 78.9 Å². The highest BCUT2D eigenvalue weighted by atomic mass is 16.6. The average molecular weight is 509 g/mol. The van der Waals surface area contributed by atoms with E-state index < -0.39 is 4.92 Å². The molecule has 0 N–H and O–H groups in total. The Morgan fingerprint density at radius 3 is 2.29 bits per heavy atom. The lowest BCUT2D eigenvalue weighted by molar-refractivity contribution is -0.384. The molecule has 4 rings (SSSR count). The van der Waals surface area contributed by atoms with Crippen LogP contribution in [0.5, 0.6) is 11.6 Å². The van der Waals surface area contributed by atoms with Gasteiger partial charge in [-0.1, -0.05) is 63.3 Å². The molecule has 1 heterocycles. The lowest BCUT2D eigenvalue weighted by atomic mass is 9.83. The fourth-order valence-electron chi connectivity index (χ4n) is 4.20. The van der Waals surface area contributed by atoms with E-state index in [4.69, 9.17) is 14.5 Å². The molecule has 0 amide bonds. The van der Waals surface area contributed by atoms with Crippen molar-refractivity contribution in [2.45, 2.75) is 39.7 Å². The first-order valence-electron chi connectivity index (χ1n) is 12.5. The van der Waals surface area contributed by atoms with Crippen LogP contribution in [0.3, 0.4) is 0 Å². The van der Waals surface area contributed by atoms with Crippen LogP contribution in [0.2, 0.25) is 0 Å². The Labute approximate surface area is 223 Å². The molecule has 0 saturated heterocycles. The number of hydrogen-bond donors (Lipinski definition) is 0. The molecule has 0 saturated carbocycles. The Hall–Kier alpha value is -4.45. The number of aryl methyl sites for hydroxylation is 1. The van der Waals surface area contributed by atoms with Crippen LogP contribution in [0.4, 0.5) is 5.69 Å². The fraction of sp³-hybridized carbons (Fsp3) is 0.219. The van der Waals surface area contributed by atoms with E-state index in [1.807, 2.05) is 61.5 Å². The van der Waals surface area contributed by atoms with Crippen LogP contribution in [0, 0.1) is 17.0 Å². The zero-order valence-corrected chi connectivity index (χ0v) is 22.4. The zero-order chi connectivity index (χ0) is 27.3. The minimum absolute atomic E-state index is 0.0617. The zero-order valence-electron chi connectivity index (χ0n) is 22.4. The summed E-state index contributed by atoms with van der Waals surface area (Å²) in [6, 6.07) is 24.7. The first-order valence-corrected chi connectivity index (χ1v) is 12.5. The van der Waals surface area contributed by atoms with Gasteiger partial charge in [0, 0.05) is 34.5 Å². The highest BCUT2D eigenvalue weighted by molar-refractivity contribution is 5.80. The van der Waals surface area contributed by atoms with Crippen molar-refractivity contribution in [3.8, 4) is 22.8 Å². The number of aromatic nitrogens is 1. The molecular formula is C32H32N2O4. The van der Waals surface area contributed by atoms with Gasteiger partial charge < -0.3 is 9.47 Å².